The first-order valence-electron chi connectivity index (χ1n) is 8.77. The first kappa shape index (κ1) is 17.0. The summed E-state index contributed by atoms with van der Waals surface area (Å²) in [4.78, 5) is 29.4. The zero-order valence-corrected chi connectivity index (χ0v) is 15.2. The molecule has 1 N–H and O–H groups in total. The van der Waals surface area contributed by atoms with E-state index in [-0.39, 0.29) is 11.1 Å². The molecule has 2 fully saturated rings. The molecular formula is C19H19ClN4O2. The maximum absolute atomic E-state index is 12.7. The number of carbonyl (C=O) groups excluding carboxylic acids is 2. The van der Waals surface area contributed by atoms with Gasteiger partial charge in [-0.15, -0.1) is 5.01 Å². The Morgan fingerprint density at radius 1 is 1.27 bits per heavy atom. The number of nitrogens with one attached hydrogen (secondary N) is 1. The Morgan fingerprint density at radius 2 is 2.04 bits per heavy atom. The Labute approximate surface area is 156 Å². The Hall–Kier alpha value is -2.47. The summed E-state index contributed by atoms with van der Waals surface area (Å²) in [5, 5.41) is 9.08. The zero-order chi connectivity index (χ0) is 18.3. The molecule has 7 heteroatoms. The summed E-state index contributed by atoms with van der Waals surface area (Å²) in [6.45, 7) is 1.97. The molecule has 0 radical (unpaired) electrons. The number of aromatic nitrogens is 1. The number of halogens is 1. The van der Waals surface area contributed by atoms with Crippen molar-refractivity contribution in [2.45, 2.75) is 44.6 Å². The Kier molecular flexibility index (Phi) is 4.15. The van der Waals surface area contributed by atoms with Crippen LogP contribution < -0.4 is 5.32 Å². The molecule has 1 saturated heterocycles. The van der Waals surface area contributed by atoms with Gasteiger partial charge in [-0.05, 0) is 31.4 Å². The van der Waals surface area contributed by atoms with Crippen LogP contribution in [0, 0.1) is 6.92 Å². The number of imide groups is 1. The molecule has 0 bridgehead atoms. The van der Waals surface area contributed by atoms with E-state index >= 15 is 0 Å². The summed E-state index contributed by atoms with van der Waals surface area (Å²) in [6.07, 6.45) is 5.72. The van der Waals surface area contributed by atoms with E-state index in [1.54, 1.807) is 0 Å². The smallest absolute Gasteiger partial charge is 0.321 e. The van der Waals surface area contributed by atoms with Crippen LogP contribution in [0.2, 0.25) is 5.15 Å². The fourth-order valence-corrected chi connectivity index (χ4v) is 3.94. The minimum absolute atomic E-state index is 0.279. The summed E-state index contributed by atoms with van der Waals surface area (Å²) in [5.74, 6) is -0.279. The van der Waals surface area contributed by atoms with Gasteiger partial charge in [-0.1, -0.05) is 49.1 Å². The second-order valence-electron chi connectivity index (χ2n) is 6.95. The molecular weight excluding hydrogens is 352 g/mol. The van der Waals surface area contributed by atoms with Gasteiger partial charge in [0, 0.05) is 10.9 Å². The van der Waals surface area contributed by atoms with E-state index in [1.165, 1.54) is 6.21 Å². The topological polar surface area (TPSA) is 74.7 Å². The van der Waals surface area contributed by atoms with Crippen LogP contribution in [0.25, 0.3) is 10.9 Å². The number of para-hydroxylation sites is 1. The van der Waals surface area contributed by atoms with E-state index < -0.39 is 11.6 Å². The average molecular weight is 371 g/mol. The fraction of sp³-hybridized carbons (Fsp3) is 0.368. The Bertz CT molecular complexity index is 935. The predicted molar refractivity (Wildman–Crippen MR) is 100 cm³/mol. The van der Waals surface area contributed by atoms with E-state index in [4.69, 9.17) is 11.6 Å². The highest BCUT2D eigenvalue weighted by atomic mass is 35.5. The van der Waals surface area contributed by atoms with Crippen LogP contribution in [0.3, 0.4) is 0 Å². The SMILES string of the molecule is Cc1cccc2cc(/C=N\N3C(=O)NC4(CCCCC4)C3=O)c(Cl)nc12. The highest BCUT2D eigenvalue weighted by molar-refractivity contribution is 6.32. The van der Waals surface area contributed by atoms with Crippen molar-refractivity contribution in [1.82, 2.24) is 15.3 Å². The van der Waals surface area contributed by atoms with Gasteiger partial charge in [-0.3, -0.25) is 4.79 Å². The summed E-state index contributed by atoms with van der Waals surface area (Å²) >= 11 is 6.27. The largest absolute Gasteiger partial charge is 0.346 e. The highest BCUT2D eigenvalue weighted by Crippen LogP contribution is 2.33. The second kappa shape index (κ2) is 6.36. The molecule has 1 saturated carbocycles. The number of benzene rings is 1. The predicted octanol–water partition coefficient (Wildman–Crippen LogP) is 3.79. The summed E-state index contributed by atoms with van der Waals surface area (Å²) in [7, 11) is 0. The van der Waals surface area contributed by atoms with Crippen molar-refractivity contribution >= 4 is 40.7 Å². The van der Waals surface area contributed by atoms with Crippen LogP contribution in [-0.4, -0.2) is 33.7 Å². The van der Waals surface area contributed by atoms with Crippen molar-refractivity contribution in [3.05, 3.63) is 40.5 Å². The number of urea groups is 1. The van der Waals surface area contributed by atoms with Gasteiger partial charge in [0.05, 0.1) is 11.7 Å². The van der Waals surface area contributed by atoms with Gasteiger partial charge >= 0.3 is 6.03 Å². The number of carbonyl (C=O) groups is 2. The molecule has 1 aliphatic carbocycles. The monoisotopic (exact) mass is 370 g/mol. The molecule has 2 heterocycles. The van der Waals surface area contributed by atoms with E-state index in [1.807, 2.05) is 31.2 Å². The first-order chi connectivity index (χ1) is 12.5. The van der Waals surface area contributed by atoms with Crippen LogP contribution >= 0.6 is 11.6 Å². The zero-order valence-electron chi connectivity index (χ0n) is 14.5. The summed E-state index contributed by atoms with van der Waals surface area (Å²) in [5.41, 5.74) is 1.64. The van der Waals surface area contributed by atoms with Gasteiger partial charge in [-0.25, -0.2) is 9.78 Å². The molecule has 0 unspecified atom stereocenters. The molecule has 3 amide bonds. The molecule has 6 nitrogen and oxygen atoms in total. The van der Waals surface area contributed by atoms with Crippen LogP contribution in [0.1, 0.15) is 43.2 Å². The normalized spacial score (nSPS) is 19.7. The molecule has 26 heavy (non-hydrogen) atoms. The molecule has 1 aliphatic heterocycles. The van der Waals surface area contributed by atoms with E-state index in [0.717, 1.165) is 40.7 Å². The van der Waals surface area contributed by atoms with Crippen LogP contribution in [0.4, 0.5) is 4.79 Å². The number of hydrogen-bond donors (Lipinski definition) is 1. The minimum Gasteiger partial charge on any atom is -0.321 e. The van der Waals surface area contributed by atoms with Crippen molar-refractivity contribution in [3.63, 3.8) is 0 Å². The number of nitrogens with zero attached hydrogens (tertiary/aromatic N) is 3. The van der Waals surface area contributed by atoms with Crippen molar-refractivity contribution < 1.29 is 9.59 Å². The number of aryl methyl sites for hydroxylation is 1. The number of hydrazone groups is 1. The molecule has 4 rings (SSSR count). The van der Waals surface area contributed by atoms with Crippen molar-refractivity contribution in [2.75, 3.05) is 0 Å². The van der Waals surface area contributed by atoms with E-state index in [0.29, 0.717) is 18.4 Å². The maximum Gasteiger partial charge on any atom is 0.346 e. The van der Waals surface area contributed by atoms with Gasteiger partial charge in [0.2, 0.25) is 0 Å². The molecule has 134 valence electrons. The van der Waals surface area contributed by atoms with Gasteiger partial charge < -0.3 is 5.32 Å². The molecule has 2 aliphatic rings. The lowest BCUT2D eigenvalue weighted by atomic mass is 9.82. The lowest BCUT2D eigenvalue weighted by Gasteiger charge is -2.29. The minimum atomic E-state index is -0.783. The second-order valence-corrected chi connectivity index (χ2v) is 7.31. The van der Waals surface area contributed by atoms with Crippen molar-refractivity contribution in [2.24, 2.45) is 5.10 Å². The van der Waals surface area contributed by atoms with Gasteiger partial charge in [0.1, 0.15) is 10.7 Å². The third-order valence-electron chi connectivity index (χ3n) is 5.19. The molecule has 2 aromatic rings. The van der Waals surface area contributed by atoms with Crippen LogP contribution in [0.15, 0.2) is 29.4 Å². The van der Waals surface area contributed by atoms with Crippen molar-refractivity contribution in [1.29, 1.82) is 0 Å². The quantitative estimate of drug-likeness (QED) is 0.496. The first-order valence-corrected chi connectivity index (χ1v) is 9.14. The average Bonchev–Trinajstić information content (AvgIpc) is 2.85. The van der Waals surface area contributed by atoms with Gasteiger partial charge in [0.15, 0.2) is 0 Å². The molecule has 1 aromatic heterocycles. The lowest BCUT2D eigenvalue weighted by Crippen LogP contribution is -2.48. The van der Waals surface area contributed by atoms with E-state index in [2.05, 4.69) is 15.4 Å². The molecule has 1 spiro atoms. The molecule has 0 atom stereocenters. The lowest BCUT2D eigenvalue weighted by molar-refractivity contribution is -0.132. The van der Waals surface area contributed by atoms with Gasteiger partial charge in [0.25, 0.3) is 5.91 Å². The third kappa shape index (κ3) is 2.74. The van der Waals surface area contributed by atoms with Crippen molar-refractivity contribution in [3.8, 4) is 0 Å². The van der Waals surface area contributed by atoms with Crippen LogP contribution in [0.5, 0.6) is 0 Å². The van der Waals surface area contributed by atoms with Gasteiger partial charge in [-0.2, -0.15) is 5.10 Å². The third-order valence-corrected chi connectivity index (χ3v) is 5.49. The number of rotatable bonds is 2. The standard InChI is InChI=1S/C19H19ClN4O2/c1-12-6-5-7-13-10-14(16(20)22-15(12)13)11-21-24-17(25)19(23-18(24)26)8-3-2-4-9-19/h5-7,10-11H,2-4,8-9H2,1H3,(H,23,26)/b21-11-. The number of hydrogen-bond acceptors (Lipinski definition) is 4. The maximum atomic E-state index is 12.7. The number of fused-ring (bicyclic) bond motifs is 1. The summed E-state index contributed by atoms with van der Waals surface area (Å²) < 4.78 is 0. The van der Waals surface area contributed by atoms with Crippen LogP contribution in [-0.2, 0) is 4.79 Å². The Balaban J connectivity index is 1.64. The highest BCUT2D eigenvalue weighted by Gasteiger charge is 2.51. The Morgan fingerprint density at radius 3 is 2.81 bits per heavy atom. The van der Waals surface area contributed by atoms with E-state index in [9.17, 15) is 9.59 Å². The number of pyridine rings is 1. The fourth-order valence-electron chi connectivity index (χ4n) is 3.76. The number of amides is 3. The molecule has 1 aromatic carbocycles. The summed E-state index contributed by atoms with van der Waals surface area (Å²) in [6, 6.07) is 7.23.